The Balaban J connectivity index is 4.42. The first-order valence-corrected chi connectivity index (χ1v) is 11.6. The first-order chi connectivity index (χ1) is 13.6. The second kappa shape index (κ2) is 12.7. The van der Waals surface area contributed by atoms with Gasteiger partial charge in [-0.3, -0.25) is 28.3 Å². The van der Waals surface area contributed by atoms with Crippen molar-refractivity contribution in [2.45, 2.75) is 24.4 Å². The van der Waals surface area contributed by atoms with Crippen LogP contribution in [0, 0.1) is 0 Å². The van der Waals surface area contributed by atoms with Crippen LogP contribution in [0.4, 0.5) is 0 Å². The van der Waals surface area contributed by atoms with Gasteiger partial charge in [-0.25, -0.2) is 0 Å². The lowest BCUT2D eigenvalue weighted by Gasteiger charge is -2.20. The number of carbonyl (C=O) groups excluding carboxylic acids is 2. The average molecular weight is 478 g/mol. The van der Waals surface area contributed by atoms with E-state index in [1.807, 2.05) is 5.32 Å². The third kappa shape index (κ3) is 12.6. The van der Waals surface area contributed by atoms with E-state index in [0.717, 1.165) is 0 Å². The minimum atomic E-state index is -5.38. The highest BCUT2D eigenvalue weighted by Crippen LogP contribution is 2.58. The van der Waals surface area contributed by atoms with Crippen molar-refractivity contribution in [1.29, 1.82) is 0 Å². The number of carboxylic acids is 2. The second-order valence-corrected chi connectivity index (χ2v) is 9.65. The fraction of sp³-hybridized carbons (Fsp3) is 0.667. The Morgan fingerprint density at radius 1 is 0.833 bits per heavy atom. The van der Waals surface area contributed by atoms with Crippen molar-refractivity contribution in [3.8, 4) is 0 Å². The van der Waals surface area contributed by atoms with E-state index in [2.05, 4.69) is 10.6 Å². The zero-order valence-electron chi connectivity index (χ0n) is 15.4. The largest absolute Gasteiger partial charge is 0.480 e. The Hall–Kier alpha value is -1.90. The molecule has 0 radical (unpaired) electrons. The molecule has 16 nitrogen and oxygen atoms in total. The molecule has 10 N–H and O–H groups in total. The molecule has 0 saturated heterocycles. The highest BCUT2D eigenvalue weighted by molar-refractivity contribution is 7.70. The van der Waals surface area contributed by atoms with E-state index < -0.39 is 57.1 Å². The van der Waals surface area contributed by atoms with Gasteiger partial charge >= 0.3 is 27.1 Å². The Bertz CT molecular complexity index is 698. The molecule has 0 fully saturated rings. The fourth-order valence-corrected chi connectivity index (χ4v) is 4.14. The number of rotatable bonds is 15. The summed E-state index contributed by atoms with van der Waals surface area (Å²) < 4.78 is 22.1. The second-order valence-electron chi connectivity index (χ2n) is 5.85. The zero-order chi connectivity index (χ0) is 23.5. The lowest BCUT2D eigenvalue weighted by atomic mass is 10.1. The van der Waals surface area contributed by atoms with Crippen molar-refractivity contribution in [2.24, 2.45) is 0 Å². The molecule has 0 spiro atoms. The molecule has 18 heteroatoms. The molecule has 0 heterocycles. The van der Waals surface area contributed by atoms with Crippen LogP contribution in [-0.4, -0.2) is 91.3 Å². The molecule has 0 rings (SSSR count). The summed E-state index contributed by atoms with van der Waals surface area (Å²) in [5.74, 6) is -4.44. The number of nitrogens with one attached hydrogen (secondary N) is 4. The van der Waals surface area contributed by atoms with E-state index in [0.29, 0.717) is 0 Å². The van der Waals surface area contributed by atoms with Gasteiger partial charge in [0, 0.05) is 19.5 Å². The molecule has 0 aliphatic heterocycles. The van der Waals surface area contributed by atoms with Crippen molar-refractivity contribution < 1.29 is 58.1 Å². The summed E-state index contributed by atoms with van der Waals surface area (Å²) in [6, 6.07) is -1.15. The lowest BCUT2D eigenvalue weighted by molar-refractivity contribution is -0.140. The van der Waals surface area contributed by atoms with E-state index >= 15 is 0 Å². The average Bonchev–Trinajstić information content (AvgIpc) is 2.57. The highest BCUT2D eigenvalue weighted by atomic mass is 31.2. The van der Waals surface area contributed by atoms with E-state index in [1.54, 1.807) is 0 Å². The van der Waals surface area contributed by atoms with E-state index in [4.69, 9.17) is 29.8 Å². The van der Waals surface area contributed by atoms with Crippen LogP contribution < -0.4 is 21.3 Å². The molecule has 0 bridgehead atoms. The molecular formula is C12H24N4O12P2. The van der Waals surface area contributed by atoms with Crippen molar-refractivity contribution >= 4 is 38.9 Å². The maximum Gasteiger partial charge on any atom is 0.360 e. The fourth-order valence-electron chi connectivity index (χ4n) is 1.94. The number of aliphatic carboxylic acids is 2. The number of hydrogen-bond donors (Lipinski definition) is 10. The van der Waals surface area contributed by atoms with Crippen LogP contribution in [0.3, 0.4) is 0 Å². The summed E-state index contributed by atoms with van der Waals surface area (Å²) in [4.78, 5) is 80.3. The molecule has 0 aromatic rings. The summed E-state index contributed by atoms with van der Waals surface area (Å²) in [6.07, 6.45) is -0.560. The van der Waals surface area contributed by atoms with Gasteiger partial charge in [0.1, 0.15) is 6.04 Å². The molecule has 0 aromatic heterocycles. The van der Waals surface area contributed by atoms with Crippen LogP contribution in [0.2, 0.25) is 0 Å². The summed E-state index contributed by atoms with van der Waals surface area (Å²) >= 11 is 0. The maximum atomic E-state index is 11.7. The predicted octanol–water partition coefficient (Wildman–Crippen LogP) is -3.64. The normalized spacial score (nSPS) is 13.0. The standard InChI is InChI=1S/C12H24N4O12P2/c17-8(2-1-7(11(21)22)14-4-3-13-6-10(19)20)15-5-9(18)16-12(29(23,24)25)30(26,27)28/h7,12-14H,1-6H2,(H,15,17)(H,16,18)(H,19,20)(H,21,22)(H2,23,24,25)(H2,26,27,28). The van der Waals surface area contributed by atoms with Gasteiger partial charge in [0.05, 0.1) is 13.1 Å². The van der Waals surface area contributed by atoms with Gasteiger partial charge in [-0.05, 0) is 6.42 Å². The summed E-state index contributed by atoms with van der Waals surface area (Å²) in [5.41, 5.74) is -2.76. The van der Waals surface area contributed by atoms with E-state index in [-0.39, 0.29) is 32.5 Å². The maximum absolute atomic E-state index is 11.7. The first kappa shape index (κ1) is 28.1. The van der Waals surface area contributed by atoms with E-state index in [1.165, 1.54) is 5.32 Å². The molecular weight excluding hydrogens is 454 g/mol. The van der Waals surface area contributed by atoms with Crippen LogP contribution in [0.15, 0.2) is 0 Å². The lowest BCUT2D eigenvalue weighted by Crippen LogP contribution is -2.43. The number of carboxylic acid groups (broad SMARTS) is 2. The topological polar surface area (TPSA) is 272 Å². The summed E-state index contributed by atoms with van der Waals surface area (Å²) in [7, 11) is -10.8. The molecule has 0 aromatic carbocycles. The van der Waals surface area contributed by atoms with Crippen molar-refractivity contribution in [3.63, 3.8) is 0 Å². The van der Waals surface area contributed by atoms with Gasteiger partial charge in [-0.1, -0.05) is 0 Å². The number of hydrogen-bond acceptors (Lipinski definition) is 8. The quantitative estimate of drug-likeness (QED) is 0.0803. The Morgan fingerprint density at radius 2 is 1.40 bits per heavy atom. The minimum Gasteiger partial charge on any atom is -0.480 e. The monoisotopic (exact) mass is 478 g/mol. The van der Waals surface area contributed by atoms with E-state index in [9.17, 15) is 28.3 Å². The molecule has 2 amide bonds. The van der Waals surface area contributed by atoms with Gasteiger partial charge in [-0.15, -0.1) is 0 Å². The molecule has 1 atom stereocenters. The van der Waals surface area contributed by atoms with Gasteiger partial charge in [-0.2, -0.15) is 0 Å². The van der Waals surface area contributed by atoms with Crippen molar-refractivity contribution in [1.82, 2.24) is 21.3 Å². The smallest absolute Gasteiger partial charge is 0.360 e. The van der Waals surface area contributed by atoms with Gasteiger partial charge < -0.3 is 51.1 Å². The van der Waals surface area contributed by atoms with Crippen LogP contribution in [0.5, 0.6) is 0 Å². The zero-order valence-corrected chi connectivity index (χ0v) is 17.2. The first-order valence-electron chi connectivity index (χ1n) is 8.19. The van der Waals surface area contributed by atoms with Crippen molar-refractivity contribution in [3.05, 3.63) is 0 Å². The van der Waals surface area contributed by atoms with Crippen molar-refractivity contribution in [2.75, 3.05) is 26.2 Å². The molecule has 0 aliphatic carbocycles. The minimum absolute atomic E-state index is 0.0976. The number of amides is 2. The molecule has 0 aliphatic rings. The molecule has 0 saturated carbocycles. The van der Waals surface area contributed by atoms with Gasteiger partial charge in [0.25, 0.3) is 0 Å². The molecule has 1 unspecified atom stereocenters. The predicted molar refractivity (Wildman–Crippen MR) is 98.2 cm³/mol. The third-order valence-corrected chi connectivity index (χ3v) is 6.64. The SMILES string of the molecule is O=C(O)CNCCNC(CCC(=O)NCC(=O)NC(P(=O)(O)O)P(=O)(O)O)C(=O)O. The Kier molecular flexibility index (Phi) is 11.9. The van der Waals surface area contributed by atoms with Crippen LogP contribution in [0.25, 0.3) is 0 Å². The Labute approximate surface area is 169 Å². The van der Waals surface area contributed by atoms with Crippen LogP contribution in [0.1, 0.15) is 12.8 Å². The van der Waals surface area contributed by atoms with Crippen LogP contribution in [-0.2, 0) is 28.3 Å². The van der Waals surface area contributed by atoms with Gasteiger partial charge in [0.15, 0.2) is 0 Å². The summed E-state index contributed by atoms with van der Waals surface area (Å²) in [6.45, 7) is -0.919. The molecule has 174 valence electrons. The third-order valence-electron chi connectivity index (χ3n) is 3.30. The van der Waals surface area contributed by atoms with Gasteiger partial charge in [0.2, 0.25) is 17.3 Å². The highest BCUT2D eigenvalue weighted by Gasteiger charge is 2.44. The Morgan fingerprint density at radius 3 is 1.87 bits per heavy atom. The summed E-state index contributed by atoms with van der Waals surface area (Å²) in [5, 5.41) is 26.1. The molecule has 30 heavy (non-hydrogen) atoms. The van der Waals surface area contributed by atoms with Crippen LogP contribution >= 0.6 is 15.2 Å². The number of carbonyl (C=O) groups is 4.